The first kappa shape index (κ1) is 17.0. The van der Waals surface area contributed by atoms with Crippen LogP contribution >= 0.6 is 15.9 Å². The number of hydrogen-bond donors (Lipinski definition) is 1. The van der Waals surface area contributed by atoms with Gasteiger partial charge in [-0.05, 0) is 60.3 Å². The van der Waals surface area contributed by atoms with Gasteiger partial charge in [0.1, 0.15) is 11.5 Å². The summed E-state index contributed by atoms with van der Waals surface area (Å²) in [7, 11) is 1.85. The van der Waals surface area contributed by atoms with Gasteiger partial charge in [0.25, 0.3) is 5.91 Å². The highest BCUT2D eigenvalue weighted by atomic mass is 79.9. The Hall–Kier alpha value is -1.89. The molecule has 2 aromatic heterocycles. The third-order valence-corrected chi connectivity index (χ3v) is 4.93. The highest BCUT2D eigenvalue weighted by Gasteiger charge is 2.23. The first-order valence-electron chi connectivity index (χ1n) is 8.12. The minimum Gasteiger partial charge on any atom is -0.356 e. The largest absolute Gasteiger partial charge is 0.356 e. The molecule has 6 nitrogen and oxygen atoms in total. The molecule has 1 amide bonds. The summed E-state index contributed by atoms with van der Waals surface area (Å²) in [5, 5.41) is 7.34. The number of hydrogen-bond acceptors (Lipinski definition) is 4. The zero-order valence-electron chi connectivity index (χ0n) is 14.2. The Morgan fingerprint density at radius 2 is 2.00 bits per heavy atom. The maximum Gasteiger partial charge on any atom is 0.272 e. The van der Waals surface area contributed by atoms with Crippen LogP contribution in [-0.2, 0) is 7.05 Å². The quantitative estimate of drug-likeness (QED) is 0.872. The number of aryl methyl sites for hydroxylation is 3. The average Bonchev–Trinajstić information content (AvgIpc) is 2.88. The number of piperidine rings is 1. The molecule has 2 aromatic rings. The lowest BCUT2D eigenvalue weighted by molar-refractivity contribution is 0.0925. The van der Waals surface area contributed by atoms with Gasteiger partial charge in [0, 0.05) is 42.5 Å². The lowest BCUT2D eigenvalue weighted by Gasteiger charge is -2.33. The van der Waals surface area contributed by atoms with Crippen molar-refractivity contribution >= 4 is 27.7 Å². The molecular weight excluding hydrogens is 370 g/mol. The van der Waals surface area contributed by atoms with E-state index in [-0.39, 0.29) is 11.9 Å². The van der Waals surface area contributed by atoms with Crippen molar-refractivity contribution in [3.63, 3.8) is 0 Å². The first-order valence-corrected chi connectivity index (χ1v) is 8.92. The van der Waals surface area contributed by atoms with E-state index in [0.717, 1.165) is 47.5 Å². The van der Waals surface area contributed by atoms with Crippen LogP contribution in [0.5, 0.6) is 0 Å². The van der Waals surface area contributed by atoms with Crippen LogP contribution in [0, 0.1) is 13.8 Å². The Labute approximate surface area is 150 Å². The van der Waals surface area contributed by atoms with Crippen molar-refractivity contribution in [1.29, 1.82) is 0 Å². The molecule has 0 radical (unpaired) electrons. The number of aromatic nitrogens is 3. The van der Waals surface area contributed by atoms with Crippen molar-refractivity contribution in [2.24, 2.45) is 7.05 Å². The molecule has 24 heavy (non-hydrogen) atoms. The topological polar surface area (TPSA) is 63.1 Å². The minimum absolute atomic E-state index is 0.0879. The number of nitrogens with zero attached hydrogens (tertiary/aromatic N) is 4. The van der Waals surface area contributed by atoms with Crippen LogP contribution in [-0.4, -0.2) is 39.8 Å². The molecule has 0 aromatic carbocycles. The lowest BCUT2D eigenvalue weighted by Crippen LogP contribution is -2.45. The number of amides is 1. The van der Waals surface area contributed by atoms with E-state index in [9.17, 15) is 4.79 Å². The smallest absolute Gasteiger partial charge is 0.272 e. The second-order valence-corrected chi connectivity index (χ2v) is 7.24. The molecule has 128 valence electrons. The molecule has 0 unspecified atom stereocenters. The van der Waals surface area contributed by atoms with E-state index in [2.05, 4.69) is 49.2 Å². The summed E-state index contributed by atoms with van der Waals surface area (Å²) in [5.74, 6) is 0.943. The van der Waals surface area contributed by atoms with E-state index in [4.69, 9.17) is 0 Å². The fourth-order valence-corrected chi connectivity index (χ4v) is 3.48. The Morgan fingerprint density at radius 1 is 1.29 bits per heavy atom. The molecule has 1 saturated heterocycles. The lowest BCUT2D eigenvalue weighted by atomic mass is 10.0. The Balaban J connectivity index is 1.58. The molecule has 0 saturated carbocycles. The molecule has 1 fully saturated rings. The zero-order valence-corrected chi connectivity index (χ0v) is 15.8. The Morgan fingerprint density at radius 3 is 2.58 bits per heavy atom. The highest BCUT2D eigenvalue weighted by molar-refractivity contribution is 9.10. The summed E-state index contributed by atoms with van der Waals surface area (Å²) in [6.45, 7) is 5.80. The second-order valence-electron chi connectivity index (χ2n) is 6.32. The molecule has 7 heteroatoms. The van der Waals surface area contributed by atoms with Crippen molar-refractivity contribution in [3.8, 4) is 0 Å². The van der Waals surface area contributed by atoms with Gasteiger partial charge < -0.3 is 10.2 Å². The third-order valence-electron chi connectivity index (χ3n) is 4.49. The van der Waals surface area contributed by atoms with Crippen molar-refractivity contribution in [2.75, 3.05) is 18.0 Å². The number of nitrogens with one attached hydrogen (secondary N) is 1. The third kappa shape index (κ3) is 3.61. The summed E-state index contributed by atoms with van der Waals surface area (Å²) in [6, 6.07) is 4.09. The average molecular weight is 392 g/mol. The molecule has 3 heterocycles. The van der Waals surface area contributed by atoms with E-state index >= 15 is 0 Å². The zero-order chi connectivity index (χ0) is 17.3. The molecule has 0 atom stereocenters. The van der Waals surface area contributed by atoms with Gasteiger partial charge in [-0.3, -0.25) is 9.48 Å². The van der Waals surface area contributed by atoms with Crippen LogP contribution in [0.25, 0.3) is 0 Å². The summed E-state index contributed by atoms with van der Waals surface area (Å²) < 4.78 is 2.72. The van der Waals surface area contributed by atoms with Crippen LogP contribution < -0.4 is 10.2 Å². The molecule has 0 spiro atoms. The van der Waals surface area contributed by atoms with Gasteiger partial charge in [-0.15, -0.1) is 0 Å². The van der Waals surface area contributed by atoms with Gasteiger partial charge >= 0.3 is 0 Å². The monoisotopic (exact) mass is 391 g/mol. The molecule has 0 aliphatic carbocycles. The standard InChI is InChI=1S/C17H22BrN5O/c1-11-8-13(18)10-19-16(11)23-6-4-14(5-7-23)20-17(24)15-9-12(2)22(3)21-15/h8-10,14H,4-7H2,1-3H3,(H,20,24). The summed E-state index contributed by atoms with van der Waals surface area (Å²) in [5.41, 5.74) is 2.63. The van der Waals surface area contributed by atoms with Crippen molar-refractivity contribution < 1.29 is 4.79 Å². The molecule has 0 bridgehead atoms. The maximum atomic E-state index is 12.3. The first-order chi connectivity index (χ1) is 11.4. The van der Waals surface area contributed by atoms with Crippen molar-refractivity contribution in [1.82, 2.24) is 20.1 Å². The van der Waals surface area contributed by atoms with E-state index in [1.807, 2.05) is 26.2 Å². The van der Waals surface area contributed by atoms with Gasteiger partial charge in [0.15, 0.2) is 0 Å². The minimum atomic E-state index is -0.0879. The fraction of sp³-hybridized carbons (Fsp3) is 0.471. The number of pyridine rings is 1. The highest BCUT2D eigenvalue weighted by Crippen LogP contribution is 2.24. The number of rotatable bonds is 3. The van der Waals surface area contributed by atoms with Gasteiger partial charge in [0.05, 0.1) is 0 Å². The SMILES string of the molecule is Cc1cc(Br)cnc1N1CCC(NC(=O)c2cc(C)n(C)n2)CC1. The van der Waals surface area contributed by atoms with Crippen molar-refractivity contribution in [2.45, 2.75) is 32.7 Å². The molecule has 1 N–H and O–H groups in total. The summed E-state index contributed by atoms with van der Waals surface area (Å²) >= 11 is 3.45. The second kappa shape index (κ2) is 6.93. The fourth-order valence-electron chi connectivity index (χ4n) is 3.03. The molecule has 1 aliphatic rings. The van der Waals surface area contributed by atoms with Crippen LogP contribution in [0.1, 0.15) is 34.6 Å². The van der Waals surface area contributed by atoms with Crippen LogP contribution in [0.4, 0.5) is 5.82 Å². The van der Waals surface area contributed by atoms with Crippen LogP contribution in [0.2, 0.25) is 0 Å². The van der Waals surface area contributed by atoms with Crippen molar-refractivity contribution in [3.05, 3.63) is 39.8 Å². The maximum absolute atomic E-state index is 12.3. The Kier molecular flexibility index (Phi) is 4.89. The van der Waals surface area contributed by atoms with E-state index in [1.165, 1.54) is 0 Å². The number of carbonyl (C=O) groups excluding carboxylic acids is 1. The van der Waals surface area contributed by atoms with Gasteiger partial charge in [-0.2, -0.15) is 5.10 Å². The molecular formula is C17H22BrN5O. The van der Waals surface area contributed by atoms with Gasteiger partial charge in [-0.25, -0.2) is 4.98 Å². The van der Waals surface area contributed by atoms with Gasteiger partial charge in [0.2, 0.25) is 0 Å². The normalized spacial score (nSPS) is 15.6. The number of carbonyl (C=O) groups is 1. The number of halogens is 1. The predicted molar refractivity (Wildman–Crippen MR) is 97.3 cm³/mol. The van der Waals surface area contributed by atoms with Crippen LogP contribution in [0.3, 0.4) is 0 Å². The summed E-state index contributed by atoms with van der Waals surface area (Å²) in [6.07, 6.45) is 3.66. The van der Waals surface area contributed by atoms with E-state index in [0.29, 0.717) is 5.69 Å². The number of anilines is 1. The predicted octanol–water partition coefficient (Wildman–Crippen LogP) is 2.59. The summed E-state index contributed by atoms with van der Waals surface area (Å²) in [4.78, 5) is 19.1. The Bertz CT molecular complexity index is 730. The molecule has 3 rings (SSSR count). The van der Waals surface area contributed by atoms with E-state index < -0.39 is 0 Å². The van der Waals surface area contributed by atoms with Gasteiger partial charge in [-0.1, -0.05) is 0 Å². The molecule has 1 aliphatic heterocycles. The van der Waals surface area contributed by atoms with E-state index in [1.54, 1.807) is 4.68 Å². The van der Waals surface area contributed by atoms with Crippen LogP contribution in [0.15, 0.2) is 22.8 Å².